The van der Waals surface area contributed by atoms with Gasteiger partial charge < -0.3 is 9.47 Å². The first-order valence-corrected chi connectivity index (χ1v) is 12.6. The third kappa shape index (κ3) is 4.55. The largest absolute Gasteiger partial charge is 0.573 e. The van der Waals surface area contributed by atoms with Gasteiger partial charge in [-0.05, 0) is 48.4 Å². The average molecular weight is 543 g/mol. The molecule has 0 radical (unpaired) electrons. The summed E-state index contributed by atoms with van der Waals surface area (Å²) < 4.78 is 50.6. The van der Waals surface area contributed by atoms with E-state index in [1.807, 2.05) is 49.4 Å². The van der Waals surface area contributed by atoms with Gasteiger partial charge in [-0.2, -0.15) is 9.78 Å². The van der Waals surface area contributed by atoms with Gasteiger partial charge in [-0.3, -0.25) is 0 Å². The van der Waals surface area contributed by atoms with Crippen LogP contribution in [0.15, 0.2) is 83.1 Å². The Morgan fingerprint density at radius 3 is 2.46 bits per heavy atom. The molecule has 2 aliphatic heterocycles. The number of hydrogen-bond acceptors (Lipinski definition) is 6. The Morgan fingerprint density at radius 2 is 1.73 bits per heavy atom. The zero-order valence-electron chi connectivity index (χ0n) is 19.2. The summed E-state index contributed by atoms with van der Waals surface area (Å²) >= 11 is 7.82. The molecule has 1 aromatic heterocycles. The molecule has 0 fully saturated rings. The van der Waals surface area contributed by atoms with Crippen molar-refractivity contribution in [2.75, 3.05) is 0 Å². The molecule has 3 aromatic carbocycles. The SMILES string of the molecule is Cc1nnc2n1N=C1c3cc(Cl)ccc3O[C@@H](c3ccccc3)[C@H]1[C@H](c1ccc(OC(F)(F)F)cc1)S2. The maximum Gasteiger partial charge on any atom is 0.573 e. The molecule has 0 spiro atoms. The number of alkyl halides is 3. The molecule has 6 nitrogen and oxygen atoms in total. The second-order valence-corrected chi connectivity index (χ2v) is 10.1. The average Bonchev–Trinajstić information content (AvgIpc) is 3.11. The maximum absolute atomic E-state index is 12.8. The fraction of sp³-hybridized carbons (Fsp3) is 0.192. The highest BCUT2D eigenvalue weighted by atomic mass is 35.5. The number of fused-ring (bicyclic) bond motifs is 4. The molecule has 11 heteroatoms. The van der Waals surface area contributed by atoms with E-state index in [4.69, 9.17) is 21.4 Å². The Morgan fingerprint density at radius 1 is 0.973 bits per heavy atom. The van der Waals surface area contributed by atoms with Gasteiger partial charge in [0.2, 0.25) is 5.16 Å². The lowest BCUT2D eigenvalue weighted by atomic mass is 9.80. The van der Waals surface area contributed by atoms with Crippen molar-refractivity contribution in [1.82, 2.24) is 14.9 Å². The monoisotopic (exact) mass is 542 g/mol. The highest BCUT2D eigenvalue weighted by Crippen LogP contribution is 2.53. The van der Waals surface area contributed by atoms with Crippen LogP contribution in [-0.2, 0) is 0 Å². The predicted molar refractivity (Wildman–Crippen MR) is 133 cm³/mol. The van der Waals surface area contributed by atoms with Crippen molar-refractivity contribution in [3.8, 4) is 11.5 Å². The van der Waals surface area contributed by atoms with E-state index in [2.05, 4.69) is 14.9 Å². The smallest absolute Gasteiger partial charge is 0.484 e. The molecule has 37 heavy (non-hydrogen) atoms. The highest BCUT2D eigenvalue weighted by molar-refractivity contribution is 7.99. The molecule has 3 heterocycles. The number of ether oxygens (including phenoxy) is 2. The van der Waals surface area contributed by atoms with Crippen LogP contribution in [0.5, 0.6) is 11.5 Å². The molecule has 0 bridgehead atoms. The normalized spacial score (nSPS) is 20.6. The molecule has 0 saturated heterocycles. The summed E-state index contributed by atoms with van der Waals surface area (Å²) in [4.78, 5) is 0. The van der Waals surface area contributed by atoms with Crippen LogP contribution < -0.4 is 9.47 Å². The van der Waals surface area contributed by atoms with Gasteiger partial charge in [-0.1, -0.05) is 65.8 Å². The number of thioether (sulfide) groups is 1. The highest BCUT2D eigenvalue weighted by Gasteiger charge is 2.45. The number of aryl methyl sites for hydroxylation is 1. The quantitative estimate of drug-likeness (QED) is 0.279. The molecular formula is C26H18ClF3N4O2S. The van der Waals surface area contributed by atoms with Gasteiger partial charge in [-0.25, -0.2) is 0 Å². The van der Waals surface area contributed by atoms with Crippen LogP contribution in [0.1, 0.15) is 33.9 Å². The molecule has 0 amide bonds. The summed E-state index contributed by atoms with van der Waals surface area (Å²) in [5.74, 6) is 0.614. The lowest BCUT2D eigenvalue weighted by Gasteiger charge is -2.38. The van der Waals surface area contributed by atoms with Crippen molar-refractivity contribution in [3.05, 3.63) is 100 Å². The number of benzene rings is 3. The van der Waals surface area contributed by atoms with Gasteiger partial charge in [-0.15, -0.1) is 23.4 Å². The van der Waals surface area contributed by atoms with E-state index < -0.39 is 12.5 Å². The van der Waals surface area contributed by atoms with Gasteiger partial charge in [0, 0.05) is 15.8 Å². The first kappa shape index (κ1) is 23.9. The van der Waals surface area contributed by atoms with Crippen molar-refractivity contribution in [2.24, 2.45) is 11.0 Å². The van der Waals surface area contributed by atoms with E-state index >= 15 is 0 Å². The van der Waals surface area contributed by atoms with E-state index in [0.29, 0.717) is 21.8 Å². The van der Waals surface area contributed by atoms with Crippen LogP contribution >= 0.6 is 23.4 Å². The van der Waals surface area contributed by atoms with Crippen molar-refractivity contribution < 1.29 is 22.6 Å². The van der Waals surface area contributed by atoms with Crippen molar-refractivity contribution in [3.63, 3.8) is 0 Å². The Balaban J connectivity index is 1.54. The standard InChI is InChI=1S/C26H18ClF3N4O2S/c1-14-31-32-25-34(14)33-22-19-13-17(27)9-12-20(19)35-23(15-5-3-2-4-6-15)21(22)24(37-25)16-7-10-18(11-8-16)36-26(28,29)30/h2-13,21,23-24H,1H3/t21-,23-,24-/m0/s1. The van der Waals surface area contributed by atoms with Crippen LogP contribution in [-0.4, -0.2) is 26.9 Å². The molecule has 0 aliphatic carbocycles. The second kappa shape index (κ2) is 9.11. The van der Waals surface area contributed by atoms with Crippen LogP contribution in [0.25, 0.3) is 0 Å². The molecule has 2 aliphatic rings. The summed E-state index contributed by atoms with van der Waals surface area (Å²) in [6.07, 6.45) is -5.21. The molecule has 0 saturated carbocycles. The number of nitrogens with zero attached hydrogens (tertiary/aromatic N) is 4. The Hall–Kier alpha value is -3.50. The molecule has 0 N–H and O–H groups in total. The number of hydrogen-bond donors (Lipinski definition) is 0. The first-order chi connectivity index (χ1) is 17.8. The minimum absolute atomic E-state index is 0.292. The molecule has 6 rings (SSSR count). The number of aromatic nitrogens is 3. The van der Waals surface area contributed by atoms with Gasteiger partial charge in [0.25, 0.3) is 0 Å². The van der Waals surface area contributed by atoms with Crippen LogP contribution in [0.3, 0.4) is 0 Å². The number of rotatable bonds is 3. The van der Waals surface area contributed by atoms with E-state index in [1.165, 1.54) is 23.9 Å². The van der Waals surface area contributed by atoms with Crippen molar-refractivity contribution in [2.45, 2.75) is 29.8 Å². The molecule has 4 aromatic rings. The van der Waals surface area contributed by atoms with Gasteiger partial charge >= 0.3 is 6.36 Å². The van der Waals surface area contributed by atoms with E-state index in [9.17, 15) is 13.2 Å². The molecule has 188 valence electrons. The van der Waals surface area contributed by atoms with Crippen LogP contribution in [0, 0.1) is 12.8 Å². The molecule has 3 atom stereocenters. The topological polar surface area (TPSA) is 61.5 Å². The third-order valence-electron chi connectivity index (χ3n) is 6.22. The van der Waals surface area contributed by atoms with E-state index in [-0.39, 0.29) is 16.9 Å². The van der Waals surface area contributed by atoms with E-state index in [0.717, 1.165) is 22.4 Å². The Kier molecular flexibility index (Phi) is 5.88. The second-order valence-electron chi connectivity index (χ2n) is 8.60. The van der Waals surface area contributed by atoms with E-state index in [1.54, 1.807) is 22.9 Å². The summed E-state index contributed by atoms with van der Waals surface area (Å²) in [5.41, 5.74) is 3.18. The zero-order chi connectivity index (χ0) is 25.7. The summed E-state index contributed by atoms with van der Waals surface area (Å²) in [6.45, 7) is 1.81. The van der Waals surface area contributed by atoms with Gasteiger partial charge in [0.15, 0.2) is 5.82 Å². The zero-order valence-corrected chi connectivity index (χ0v) is 20.8. The van der Waals surface area contributed by atoms with Crippen molar-refractivity contribution in [1.29, 1.82) is 0 Å². The molecular weight excluding hydrogens is 525 g/mol. The Labute approximate surface area is 219 Å². The maximum atomic E-state index is 12.8. The van der Waals surface area contributed by atoms with Gasteiger partial charge in [0.05, 0.1) is 11.6 Å². The van der Waals surface area contributed by atoms with Gasteiger partial charge in [0.1, 0.15) is 17.6 Å². The lowest BCUT2D eigenvalue weighted by molar-refractivity contribution is -0.274. The summed E-state index contributed by atoms with van der Waals surface area (Å²) in [5, 5.41) is 14.3. The predicted octanol–water partition coefficient (Wildman–Crippen LogP) is 6.99. The van der Waals surface area contributed by atoms with Crippen LogP contribution in [0.2, 0.25) is 5.02 Å². The minimum atomic E-state index is -4.77. The first-order valence-electron chi connectivity index (χ1n) is 11.3. The molecule has 0 unspecified atom stereocenters. The minimum Gasteiger partial charge on any atom is -0.484 e. The Bertz CT molecular complexity index is 1490. The van der Waals surface area contributed by atoms with Crippen molar-refractivity contribution >= 4 is 29.1 Å². The fourth-order valence-electron chi connectivity index (χ4n) is 4.63. The summed E-state index contributed by atoms with van der Waals surface area (Å²) in [7, 11) is 0. The number of halogens is 4. The third-order valence-corrected chi connectivity index (χ3v) is 7.74. The fourth-order valence-corrected chi connectivity index (χ4v) is 6.11. The summed E-state index contributed by atoms with van der Waals surface area (Å²) in [6, 6.07) is 21.1. The van der Waals surface area contributed by atoms with Crippen LogP contribution in [0.4, 0.5) is 13.2 Å². The lowest BCUT2D eigenvalue weighted by Crippen LogP contribution is -2.35.